The van der Waals surface area contributed by atoms with Crippen LogP contribution in [0.1, 0.15) is 34.3 Å². The number of carbonyl (C=O) groups is 2. The topological polar surface area (TPSA) is 93.2 Å². The van der Waals surface area contributed by atoms with E-state index >= 15 is 0 Å². The molecule has 1 atom stereocenters. The van der Waals surface area contributed by atoms with E-state index in [2.05, 4.69) is 20.8 Å². The lowest BCUT2D eigenvalue weighted by molar-refractivity contribution is -0.119. The summed E-state index contributed by atoms with van der Waals surface area (Å²) in [5, 5.41) is 14.0. The lowest BCUT2D eigenvalue weighted by Crippen LogP contribution is -2.32. The third kappa shape index (κ3) is 5.75. The predicted octanol–water partition coefficient (Wildman–Crippen LogP) is 2.79. The van der Waals surface area contributed by atoms with Crippen molar-refractivity contribution in [1.29, 1.82) is 0 Å². The fraction of sp³-hybridized carbons (Fsp3) is 0.444. The first-order valence-corrected chi connectivity index (χ1v) is 10.5. The van der Waals surface area contributed by atoms with Crippen LogP contribution in [0.4, 0.5) is 5.13 Å². The quantitative estimate of drug-likeness (QED) is 0.543. The number of nitrogens with zero attached hydrogens (tertiary/aromatic N) is 2. The molecule has 1 fully saturated rings. The second kappa shape index (κ2) is 9.29. The molecule has 2 aromatic rings. The van der Waals surface area contributed by atoms with Crippen LogP contribution in [0.15, 0.2) is 22.5 Å². The number of thioether (sulfide) groups is 1. The number of benzene rings is 1. The first-order chi connectivity index (χ1) is 13.0. The second-order valence-electron chi connectivity index (χ2n) is 6.35. The van der Waals surface area contributed by atoms with Gasteiger partial charge in [-0.2, -0.15) is 0 Å². The van der Waals surface area contributed by atoms with Crippen molar-refractivity contribution in [3.63, 3.8) is 0 Å². The Morgan fingerprint density at radius 2 is 2.15 bits per heavy atom. The highest BCUT2D eigenvalue weighted by atomic mass is 32.2. The number of aromatic nitrogens is 2. The van der Waals surface area contributed by atoms with Crippen LogP contribution in [-0.4, -0.2) is 47.0 Å². The molecule has 3 rings (SSSR count). The number of ether oxygens (including phenoxy) is 1. The maximum atomic E-state index is 12.3. The molecule has 7 nitrogen and oxygen atoms in total. The second-order valence-corrected chi connectivity index (χ2v) is 8.55. The highest BCUT2D eigenvalue weighted by Crippen LogP contribution is 2.25. The minimum absolute atomic E-state index is 0.0635. The minimum atomic E-state index is -0.222. The molecule has 0 radical (unpaired) electrons. The van der Waals surface area contributed by atoms with Gasteiger partial charge < -0.3 is 10.1 Å². The summed E-state index contributed by atoms with van der Waals surface area (Å²) in [5.74, 6) is -0.0292. The van der Waals surface area contributed by atoms with Gasteiger partial charge in [-0.15, -0.1) is 10.2 Å². The van der Waals surface area contributed by atoms with Gasteiger partial charge in [0, 0.05) is 18.7 Å². The summed E-state index contributed by atoms with van der Waals surface area (Å²) < 4.78 is 6.11. The van der Waals surface area contributed by atoms with Gasteiger partial charge in [-0.25, -0.2) is 0 Å². The normalized spacial score (nSPS) is 16.3. The Balaban J connectivity index is 1.45. The Labute approximate surface area is 166 Å². The molecule has 27 heavy (non-hydrogen) atoms. The van der Waals surface area contributed by atoms with Crippen LogP contribution in [0.5, 0.6) is 0 Å². The number of nitrogens with one attached hydrogen (secondary N) is 2. The van der Waals surface area contributed by atoms with E-state index in [4.69, 9.17) is 4.74 Å². The van der Waals surface area contributed by atoms with Crippen LogP contribution in [0.2, 0.25) is 0 Å². The van der Waals surface area contributed by atoms with E-state index in [0.717, 1.165) is 30.6 Å². The lowest BCUT2D eigenvalue weighted by atomic mass is 10.1. The number of hydrogen-bond acceptors (Lipinski definition) is 7. The van der Waals surface area contributed by atoms with Crippen molar-refractivity contribution in [3.8, 4) is 0 Å². The van der Waals surface area contributed by atoms with Gasteiger partial charge in [0.15, 0.2) is 4.34 Å². The number of carbonyl (C=O) groups excluding carboxylic acids is 2. The Kier molecular flexibility index (Phi) is 6.81. The summed E-state index contributed by atoms with van der Waals surface area (Å²) >= 11 is 2.55. The van der Waals surface area contributed by atoms with E-state index < -0.39 is 0 Å². The number of aryl methyl sites for hydroxylation is 2. The molecule has 2 heterocycles. The van der Waals surface area contributed by atoms with E-state index in [0.29, 0.717) is 21.6 Å². The smallest absolute Gasteiger partial charge is 0.257 e. The molecule has 0 spiro atoms. The summed E-state index contributed by atoms with van der Waals surface area (Å²) in [5.41, 5.74) is 2.78. The van der Waals surface area contributed by atoms with E-state index in [-0.39, 0.29) is 23.7 Å². The monoisotopic (exact) mass is 406 g/mol. The molecule has 1 aromatic heterocycles. The van der Waals surface area contributed by atoms with Crippen LogP contribution in [0.25, 0.3) is 0 Å². The minimum Gasteiger partial charge on any atom is -0.376 e. The summed E-state index contributed by atoms with van der Waals surface area (Å²) in [4.78, 5) is 24.2. The molecule has 0 unspecified atom stereocenters. The molecule has 0 bridgehead atoms. The highest BCUT2D eigenvalue weighted by molar-refractivity contribution is 8.01. The number of anilines is 1. The average molecular weight is 407 g/mol. The zero-order valence-electron chi connectivity index (χ0n) is 15.3. The highest BCUT2D eigenvalue weighted by Gasteiger charge is 2.17. The van der Waals surface area contributed by atoms with Gasteiger partial charge in [-0.05, 0) is 49.9 Å². The standard InChI is InChI=1S/C18H22N4O3S2/c1-11-5-6-13(8-12(11)2)16(24)20-17-21-22-18(27-17)26-10-15(23)19-9-14-4-3-7-25-14/h5-6,8,14H,3-4,7,9-10H2,1-2H3,(H,19,23)(H,20,21,24)/t14-/m0/s1. The van der Waals surface area contributed by atoms with Gasteiger partial charge in [0.25, 0.3) is 5.91 Å². The Morgan fingerprint density at radius 3 is 2.89 bits per heavy atom. The van der Waals surface area contributed by atoms with Crippen molar-refractivity contribution >= 4 is 40.0 Å². The van der Waals surface area contributed by atoms with Crippen LogP contribution in [-0.2, 0) is 9.53 Å². The summed E-state index contributed by atoms with van der Waals surface area (Å²) in [6, 6.07) is 5.55. The van der Waals surface area contributed by atoms with Gasteiger partial charge in [0.1, 0.15) is 0 Å². The first kappa shape index (κ1) is 19.8. The van der Waals surface area contributed by atoms with Crippen molar-refractivity contribution in [1.82, 2.24) is 15.5 Å². The molecule has 0 saturated carbocycles. The number of hydrogen-bond donors (Lipinski definition) is 2. The molecule has 1 saturated heterocycles. The Morgan fingerprint density at radius 1 is 1.30 bits per heavy atom. The van der Waals surface area contributed by atoms with Crippen molar-refractivity contribution in [2.45, 2.75) is 37.1 Å². The van der Waals surface area contributed by atoms with E-state index in [1.807, 2.05) is 26.0 Å². The van der Waals surface area contributed by atoms with Gasteiger partial charge in [0.05, 0.1) is 11.9 Å². The van der Waals surface area contributed by atoms with E-state index in [1.54, 1.807) is 6.07 Å². The molecular weight excluding hydrogens is 384 g/mol. The van der Waals surface area contributed by atoms with Crippen molar-refractivity contribution < 1.29 is 14.3 Å². The van der Waals surface area contributed by atoms with Gasteiger partial charge in [-0.1, -0.05) is 29.2 Å². The van der Waals surface area contributed by atoms with Crippen molar-refractivity contribution in [2.75, 3.05) is 24.2 Å². The third-order valence-electron chi connectivity index (χ3n) is 4.27. The fourth-order valence-corrected chi connectivity index (χ4v) is 4.16. The maximum Gasteiger partial charge on any atom is 0.257 e. The Bertz CT molecular complexity index is 819. The Hall–Kier alpha value is -1.97. The molecule has 144 valence electrons. The van der Waals surface area contributed by atoms with E-state index in [1.165, 1.54) is 23.1 Å². The van der Waals surface area contributed by atoms with Crippen molar-refractivity contribution in [3.05, 3.63) is 34.9 Å². The summed E-state index contributed by atoms with van der Waals surface area (Å²) in [6.45, 7) is 5.29. The first-order valence-electron chi connectivity index (χ1n) is 8.74. The van der Waals surface area contributed by atoms with Gasteiger partial charge >= 0.3 is 0 Å². The SMILES string of the molecule is Cc1ccc(C(=O)Nc2nnc(SCC(=O)NC[C@@H]3CCCO3)s2)cc1C. The molecule has 9 heteroatoms. The molecule has 1 aliphatic heterocycles. The molecule has 0 aliphatic carbocycles. The zero-order chi connectivity index (χ0) is 19.2. The molecule has 2 amide bonds. The largest absolute Gasteiger partial charge is 0.376 e. The predicted molar refractivity (Wildman–Crippen MR) is 106 cm³/mol. The van der Waals surface area contributed by atoms with E-state index in [9.17, 15) is 9.59 Å². The van der Waals surface area contributed by atoms with Gasteiger partial charge in [-0.3, -0.25) is 14.9 Å². The number of rotatable bonds is 7. The van der Waals surface area contributed by atoms with Crippen LogP contribution in [0.3, 0.4) is 0 Å². The zero-order valence-corrected chi connectivity index (χ0v) is 16.9. The van der Waals surface area contributed by atoms with Crippen LogP contribution < -0.4 is 10.6 Å². The molecule has 1 aromatic carbocycles. The third-order valence-corrected chi connectivity index (χ3v) is 6.25. The molecule has 1 aliphatic rings. The van der Waals surface area contributed by atoms with Gasteiger partial charge in [0.2, 0.25) is 11.0 Å². The summed E-state index contributed by atoms with van der Waals surface area (Å²) in [7, 11) is 0. The molecular formula is C18H22N4O3S2. The van der Waals surface area contributed by atoms with Crippen LogP contribution in [0, 0.1) is 13.8 Å². The average Bonchev–Trinajstić information content (AvgIpc) is 3.32. The number of amides is 2. The van der Waals surface area contributed by atoms with Crippen LogP contribution >= 0.6 is 23.1 Å². The summed E-state index contributed by atoms with van der Waals surface area (Å²) in [6.07, 6.45) is 2.18. The fourth-order valence-electron chi connectivity index (χ4n) is 2.58. The maximum absolute atomic E-state index is 12.3. The lowest BCUT2D eigenvalue weighted by Gasteiger charge is -2.09. The molecule has 2 N–H and O–H groups in total. The van der Waals surface area contributed by atoms with Crippen molar-refractivity contribution in [2.24, 2.45) is 0 Å².